The van der Waals surface area contributed by atoms with Gasteiger partial charge in [-0.25, -0.2) is 4.68 Å². The molecule has 0 fully saturated rings. The van der Waals surface area contributed by atoms with Crippen LogP contribution in [0.25, 0.3) is 16.9 Å². The number of rotatable bonds is 4. The lowest BCUT2D eigenvalue weighted by Gasteiger charge is -2.08. The standard InChI is InChI=1S/C17H12N4O3/c1-24-14-8-6-12(7-9-14)17-10-13(11-18)19-20(17)15-4-2-3-5-16(15)21(22)23/h2-10H,1H3. The van der Waals surface area contributed by atoms with E-state index in [2.05, 4.69) is 5.10 Å². The van der Waals surface area contributed by atoms with Gasteiger partial charge in [-0.2, -0.15) is 10.4 Å². The minimum atomic E-state index is -0.471. The van der Waals surface area contributed by atoms with Crippen LogP contribution >= 0.6 is 0 Å². The fraction of sp³-hybridized carbons (Fsp3) is 0.0588. The Morgan fingerprint density at radius 1 is 1.21 bits per heavy atom. The topological polar surface area (TPSA) is 94.0 Å². The first-order valence-corrected chi connectivity index (χ1v) is 7.02. The molecule has 2 aromatic carbocycles. The number of methoxy groups -OCH3 is 1. The zero-order valence-electron chi connectivity index (χ0n) is 12.7. The Labute approximate surface area is 137 Å². The average Bonchev–Trinajstić information content (AvgIpc) is 3.06. The second kappa shape index (κ2) is 6.22. The third-order valence-corrected chi connectivity index (χ3v) is 3.52. The van der Waals surface area contributed by atoms with E-state index >= 15 is 0 Å². The van der Waals surface area contributed by atoms with E-state index in [0.29, 0.717) is 17.1 Å². The molecule has 0 atom stereocenters. The van der Waals surface area contributed by atoms with Crippen molar-refractivity contribution in [3.05, 3.63) is 70.4 Å². The summed E-state index contributed by atoms with van der Waals surface area (Å²) in [4.78, 5) is 10.8. The van der Waals surface area contributed by atoms with Gasteiger partial charge in [0.2, 0.25) is 0 Å². The SMILES string of the molecule is COc1ccc(-c2cc(C#N)nn2-c2ccccc2[N+](=O)[O-])cc1. The molecule has 1 aromatic heterocycles. The molecular formula is C17H12N4O3. The predicted octanol–water partition coefficient (Wildman–Crippen LogP) is 3.33. The van der Waals surface area contributed by atoms with Crippen LogP contribution in [-0.4, -0.2) is 21.8 Å². The van der Waals surface area contributed by atoms with Crippen LogP contribution in [0.5, 0.6) is 5.75 Å². The van der Waals surface area contributed by atoms with Crippen molar-refractivity contribution < 1.29 is 9.66 Å². The van der Waals surface area contributed by atoms with Crippen molar-refractivity contribution in [2.24, 2.45) is 0 Å². The molecule has 0 radical (unpaired) electrons. The van der Waals surface area contributed by atoms with Crippen LogP contribution in [0.4, 0.5) is 5.69 Å². The molecule has 0 saturated heterocycles. The Bertz CT molecular complexity index is 939. The van der Waals surface area contributed by atoms with Crippen LogP contribution in [0.1, 0.15) is 5.69 Å². The number of hydrogen-bond acceptors (Lipinski definition) is 5. The second-order valence-electron chi connectivity index (χ2n) is 4.91. The number of aromatic nitrogens is 2. The molecule has 0 aliphatic rings. The number of nitriles is 1. The van der Waals surface area contributed by atoms with Crippen LogP contribution in [-0.2, 0) is 0 Å². The summed E-state index contributed by atoms with van der Waals surface area (Å²) in [5.41, 5.74) is 1.75. The Hall–Kier alpha value is -3.66. The van der Waals surface area contributed by atoms with E-state index in [-0.39, 0.29) is 11.4 Å². The maximum Gasteiger partial charge on any atom is 0.294 e. The first-order chi connectivity index (χ1) is 11.6. The Kier molecular flexibility index (Phi) is 3.95. The molecule has 24 heavy (non-hydrogen) atoms. The van der Waals surface area contributed by atoms with E-state index < -0.39 is 4.92 Å². The van der Waals surface area contributed by atoms with E-state index in [1.165, 1.54) is 10.7 Å². The van der Waals surface area contributed by atoms with Gasteiger partial charge in [-0.1, -0.05) is 12.1 Å². The smallest absolute Gasteiger partial charge is 0.294 e. The largest absolute Gasteiger partial charge is 0.497 e. The molecule has 7 heteroatoms. The van der Waals surface area contributed by atoms with Gasteiger partial charge in [-0.3, -0.25) is 10.1 Å². The van der Waals surface area contributed by atoms with E-state index in [4.69, 9.17) is 10.00 Å². The number of nitrogens with zero attached hydrogens (tertiary/aromatic N) is 4. The van der Waals surface area contributed by atoms with E-state index in [0.717, 1.165) is 5.56 Å². The number of nitro groups is 1. The molecule has 0 aliphatic heterocycles. The molecule has 0 N–H and O–H groups in total. The fourth-order valence-corrected chi connectivity index (χ4v) is 2.38. The summed E-state index contributed by atoms with van der Waals surface area (Å²) >= 11 is 0. The number of para-hydroxylation sites is 2. The van der Waals surface area contributed by atoms with E-state index in [1.807, 2.05) is 18.2 Å². The molecule has 7 nitrogen and oxygen atoms in total. The number of benzene rings is 2. The van der Waals surface area contributed by atoms with Gasteiger partial charge in [0.05, 0.1) is 17.7 Å². The normalized spacial score (nSPS) is 10.2. The third-order valence-electron chi connectivity index (χ3n) is 3.52. The minimum Gasteiger partial charge on any atom is -0.497 e. The van der Waals surface area contributed by atoms with Gasteiger partial charge in [0, 0.05) is 17.7 Å². The van der Waals surface area contributed by atoms with Gasteiger partial charge in [-0.15, -0.1) is 0 Å². The second-order valence-corrected chi connectivity index (χ2v) is 4.91. The maximum absolute atomic E-state index is 11.3. The Balaban J connectivity index is 2.21. The molecule has 118 valence electrons. The zero-order valence-corrected chi connectivity index (χ0v) is 12.7. The highest BCUT2D eigenvalue weighted by atomic mass is 16.6. The molecule has 3 rings (SSSR count). The summed E-state index contributed by atoms with van der Waals surface area (Å²) in [6.45, 7) is 0. The van der Waals surface area contributed by atoms with Gasteiger partial charge in [-0.05, 0) is 30.3 Å². The molecule has 0 saturated carbocycles. The van der Waals surface area contributed by atoms with Crippen LogP contribution in [0, 0.1) is 21.4 Å². The van der Waals surface area contributed by atoms with Gasteiger partial charge >= 0.3 is 0 Å². The molecule has 0 spiro atoms. The lowest BCUT2D eigenvalue weighted by atomic mass is 10.1. The summed E-state index contributed by atoms with van der Waals surface area (Å²) < 4.78 is 6.55. The summed E-state index contributed by atoms with van der Waals surface area (Å²) in [5.74, 6) is 0.691. The summed E-state index contributed by atoms with van der Waals surface area (Å²) in [6.07, 6.45) is 0. The minimum absolute atomic E-state index is 0.0835. The molecule has 1 heterocycles. The third kappa shape index (κ3) is 2.68. The van der Waals surface area contributed by atoms with E-state index in [9.17, 15) is 10.1 Å². The fourth-order valence-electron chi connectivity index (χ4n) is 2.38. The van der Waals surface area contributed by atoms with Crippen molar-refractivity contribution in [2.45, 2.75) is 0 Å². The van der Waals surface area contributed by atoms with Crippen LogP contribution in [0.15, 0.2) is 54.6 Å². The lowest BCUT2D eigenvalue weighted by molar-refractivity contribution is -0.384. The van der Waals surface area contributed by atoms with Gasteiger partial charge in [0.15, 0.2) is 5.69 Å². The van der Waals surface area contributed by atoms with Gasteiger partial charge < -0.3 is 4.74 Å². The van der Waals surface area contributed by atoms with Crippen molar-refractivity contribution in [3.8, 4) is 28.8 Å². The highest BCUT2D eigenvalue weighted by Crippen LogP contribution is 2.29. The van der Waals surface area contributed by atoms with Crippen molar-refractivity contribution >= 4 is 5.69 Å². The molecule has 3 aromatic rings. The predicted molar refractivity (Wildman–Crippen MR) is 86.9 cm³/mol. The molecular weight excluding hydrogens is 308 g/mol. The van der Waals surface area contributed by atoms with Crippen molar-refractivity contribution in [2.75, 3.05) is 7.11 Å². The van der Waals surface area contributed by atoms with Crippen molar-refractivity contribution in [1.29, 1.82) is 5.26 Å². The van der Waals surface area contributed by atoms with Gasteiger partial charge in [0.1, 0.15) is 17.5 Å². The van der Waals surface area contributed by atoms with Crippen molar-refractivity contribution in [3.63, 3.8) is 0 Å². The maximum atomic E-state index is 11.3. The highest BCUT2D eigenvalue weighted by Gasteiger charge is 2.19. The summed E-state index contributed by atoms with van der Waals surface area (Å²) in [7, 11) is 1.57. The van der Waals surface area contributed by atoms with Crippen LogP contribution in [0.2, 0.25) is 0 Å². The van der Waals surface area contributed by atoms with Crippen LogP contribution in [0.3, 0.4) is 0 Å². The quantitative estimate of drug-likeness (QED) is 0.543. The Morgan fingerprint density at radius 3 is 2.54 bits per heavy atom. The molecule has 0 amide bonds. The summed E-state index contributed by atoms with van der Waals surface area (Å²) in [5, 5.41) is 24.6. The first-order valence-electron chi connectivity index (χ1n) is 7.02. The molecule has 0 unspecified atom stereocenters. The lowest BCUT2D eigenvalue weighted by Crippen LogP contribution is -2.03. The Morgan fingerprint density at radius 2 is 1.92 bits per heavy atom. The zero-order chi connectivity index (χ0) is 17.1. The number of hydrogen-bond donors (Lipinski definition) is 0. The monoisotopic (exact) mass is 320 g/mol. The molecule has 0 aliphatic carbocycles. The van der Waals surface area contributed by atoms with Crippen molar-refractivity contribution in [1.82, 2.24) is 9.78 Å². The number of ether oxygens (including phenoxy) is 1. The van der Waals surface area contributed by atoms with Crippen LogP contribution < -0.4 is 4.74 Å². The van der Waals surface area contributed by atoms with E-state index in [1.54, 1.807) is 43.5 Å². The first kappa shape index (κ1) is 15.2. The average molecular weight is 320 g/mol. The van der Waals surface area contributed by atoms with Gasteiger partial charge in [0.25, 0.3) is 5.69 Å². The number of nitro benzene ring substituents is 1. The summed E-state index contributed by atoms with van der Waals surface area (Å²) in [6, 6.07) is 17.0. The highest BCUT2D eigenvalue weighted by molar-refractivity contribution is 5.66. The molecule has 0 bridgehead atoms.